The van der Waals surface area contributed by atoms with E-state index in [9.17, 15) is 8.42 Å². The van der Waals surface area contributed by atoms with Gasteiger partial charge in [-0.05, 0) is 25.7 Å². The molecule has 0 radical (unpaired) electrons. The summed E-state index contributed by atoms with van der Waals surface area (Å²) in [5.74, 6) is 0. The van der Waals surface area contributed by atoms with Crippen LogP contribution >= 0.6 is 11.6 Å². The second-order valence-corrected chi connectivity index (χ2v) is 6.06. The van der Waals surface area contributed by atoms with E-state index >= 15 is 0 Å². The van der Waals surface area contributed by atoms with Crippen molar-refractivity contribution in [3.05, 3.63) is 23.2 Å². The highest BCUT2D eigenvalue weighted by Gasteiger charge is 2.20. The Morgan fingerprint density at radius 1 is 1.44 bits per heavy atom. The summed E-state index contributed by atoms with van der Waals surface area (Å²) in [5, 5.41) is 0.131. The molecule has 0 fully saturated rings. The number of sulfonamides is 1. The first-order valence-corrected chi connectivity index (χ1v) is 7.46. The van der Waals surface area contributed by atoms with Gasteiger partial charge in [-0.1, -0.05) is 24.6 Å². The van der Waals surface area contributed by atoms with Gasteiger partial charge in [0.15, 0.2) is 0 Å². The molecule has 0 atom stereocenters. The highest BCUT2D eigenvalue weighted by atomic mass is 35.5. The fourth-order valence-corrected chi connectivity index (χ4v) is 3.10. The monoisotopic (exact) mass is 291 g/mol. The van der Waals surface area contributed by atoms with Gasteiger partial charge < -0.3 is 10.6 Å². The van der Waals surface area contributed by atoms with Crippen LogP contribution in [0.3, 0.4) is 0 Å². The minimum atomic E-state index is -3.66. The van der Waals surface area contributed by atoms with Crippen molar-refractivity contribution in [1.82, 2.24) is 9.62 Å². The highest BCUT2D eigenvalue weighted by molar-refractivity contribution is 7.89. The van der Waals surface area contributed by atoms with E-state index in [1.165, 1.54) is 12.1 Å². The summed E-state index contributed by atoms with van der Waals surface area (Å²) in [5.41, 5.74) is 5.80. The van der Waals surface area contributed by atoms with E-state index in [1.54, 1.807) is 6.07 Å². The zero-order valence-corrected chi connectivity index (χ0v) is 12.1. The third-order valence-corrected chi connectivity index (χ3v) is 4.60. The molecule has 1 aromatic rings. The number of nitrogens with zero attached hydrogens (tertiary/aromatic N) is 1. The number of halogens is 1. The van der Waals surface area contributed by atoms with Gasteiger partial charge in [-0.3, -0.25) is 0 Å². The van der Waals surface area contributed by atoms with Crippen LogP contribution < -0.4 is 10.5 Å². The molecular formula is C11H18ClN3O2S. The Labute approximate surface area is 113 Å². The number of nitrogens with one attached hydrogen (secondary N) is 1. The molecule has 1 aromatic carbocycles. The number of hydrogen-bond donors (Lipinski definition) is 2. The van der Waals surface area contributed by atoms with Crippen LogP contribution in [0.2, 0.25) is 5.02 Å². The number of anilines is 1. The van der Waals surface area contributed by atoms with E-state index in [0.717, 1.165) is 6.54 Å². The average molecular weight is 292 g/mol. The summed E-state index contributed by atoms with van der Waals surface area (Å²) in [6.07, 6.45) is 0. The molecule has 0 amide bonds. The van der Waals surface area contributed by atoms with E-state index in [1.807, 2.05) is 18.9 Å². The lowest BCUT2D eigenvalue weighted by Gasteiger charge is -2.15. The van der Waals surface area contributed by atoms with Crippen LogP contribution in [0, 0.1) is 0 Å². The van der Waals surface area contributed by atoms with Gasteiger partial charge in [0.1, 0.15) is 4.90 Å². The van der Waals surface area contributed by atoms with Gasteiger partial charge in [-0.2, -0.15) is 0 Å². The molecule has 0 aliphatic carbocycles. The van der Waals surface area contributed by atoms with Gasteiger partial charge in [-0.25, -0.2) is 13.1 Å². The maximum Gasteiger partial charge on any atom is 0.244 e. The summed E-state index contributed by atoms with van der Waals surface area (Å²) >= 11 is 5.87. The van der Waals surface area contributed by atoms with E-state index in [-0.39, 0.29) is 15.6 Å². The molecule has 7 heteroatoms. The fraction of sp³-hybridized carbons (Fsp3) is 0.455. The minimum absolute atomic E-state index is 0.0502. The van der Waals surface area contributed by atoms with Gasteiger partial charge in [0, 0.05) is 13.1 Å². The molecule has 0 bridgehead atoms. The Kier molecular flexibility index (Phi) is 5.40. The van der Waals surface area contributed by atoms with Gasteiger partial charge in [0.25, 0.3) is 0 Å². The normalized spacial score (nSPS) is 12.0. The second-order valence-electron chi connectivity index (χ2n) is 3.95. The SMILES string of the molecule is CCN(C)CCNS(=O)(=O)c1c(N)cccc1Cl. The molecule has 0 saturated heterocycles. The van der Waals surface area contributed by atoms with E-state index in [2.05, 4.69) is 4.72 Å². The maximum absolute atomic E-state index is 12.0. The van der Waals surface area contributed by atoms with Crippen LogP contribution in [0.5, 0.6) is 0 Å². The molecular weight excluding hydrogens is 274 g/mol. The summed E-state index contributed by atoms with van der Waals surface area (Å²) in [6, 6.07) is 4.63. The van der Waals surface area contributed by atoms with E-state index in [0.29, 0.717) is 13.1 Å². The van der Waals surface area contributed by atoms with Gasteiger partial charge in [0.05, 0.1) is 10.7 Å². The van der Waals surface area contributed by atoms with Crippen molar-refractivity contribution in [3.8, 4) is 0 Å². The second kappa shape index (κ2) is 6.38. The van der Waals surface area contributed by atoms with Gasteiger partial charge in [0.2, 0.25) is 10.0 Å². The molecule has 1 rings (SSSR count). The van der Waals surface area contributed by atoms with E-state index < -0.39 is 10.0 Å². The van der Waals surface area contributed by atoms with Crippen molar-refractivity contribution in [3.63, 3.8) is 0 Å². The number of benzene rings is 1. The van der Waals surface area contributed by atoms with Crippen LogP contribution in [-0.2, 0) is 10.0 Å². The molecule has 0 unspecified atom stereocenters. The molecule has 0 saturated carbocycles. The predicted molar refractivity (Wildman–Crippen MR) is 74.2 cm³/mol. The third kappa shape index (κ3) is 3.84. The molecule has 3 N–H and O–H groups in total. The zero-order valence-electron chi connectivity index (χ0n) is 10.5. The number of nitrogens with two attached hydrogens (primary N) is 1. The maximum atomic E-state index is 12.0. The summed E-state index contributed by atoms with van der Waals surface area (Å²) < 4.78 is 26.6. The summed E-state index contributed by atoms with van der Waals surface area (Å²) in [4.78, 5) is 1.95. The first-order valence-electron chi connectivity index (χ1n) is 5.60. The number of hydrogen-bond acceptors (Lipinski definition) is 4. The van der Waals surface area contributed by atoms with Crippen LogP contribution in [0.1, 0.15) is 6.92 Å². The molecule has 0 aliphatic heterocycles. The summed E-state index contributed by atoms with van der Waals surface area (Å²) in [7, 11) is -1.74. The molecule has 18 heavy (non-hydrogen) atoms. The van der Waals surface area contributed by atoms with Crippen LogP contribution in [0.15, 0.2) is 23.1 Å². The molecule has 0 aliphatic rings. The average Bonchev–Trinajstić information content (AvgIpc) is 2.27. The standard InChI is InChI=1S/C11H18ClN3O2S/c1-3-15(2)8-7-14-18(16,17)11-9(12)5-4-6-10(11)13/h4-6,14H,3,7-8,13H2,1-2H3. The van der Waals surface area contributed by atoms with Crippen LogP contribution in [0.4, 0.5) is 5.69 Å². The number of nitrogen functional groups attached to an aromatic ring is 1. The first-order chi connectivity index (χ1) is 8.38. The Morgan fingerprint density at radius 2 is 2.11 bits per heavy atom. The van der Waals surface area contributed by atoms with Crippen molar-refractivity contribution in [2.24, 2.45) is 0 Å². The largest absolute Gasteiger partial charge is 0.398 e. The third-order valence-electron chi connectivity index (χ3n) is 2.59. The Balaban J connectivity index is 2.81. The van der Waals surface area contributed by atoms with Crippen molar-refractivity contribution in [2.75, 3.05) is 32.4 Å². The Morgan fingerprint density at radius 3 is 2.67 bits per heavy atom. The first kappa shape index (κ1) is 15.2. The molecule has 102 valence electrons. The molecule has 0 spiro atoms. The van der Waals surface area contributed by atoms with Crippen LogP contribution in [-0.4, -0.2) is 40.0 Å². The lowest BCUT2D eigenvalue weighted by atomic mass is 10.3. The molecule has 0 aromatic heterocycles. The van der Waals surface area contributed by atoms with Crippen molar-refractivity contribution < 1.29 is 8.42 Å². The highest BCUT2D eigenvalue weighted by Crippen LogP contribution is 2.26. The number of rotatable bonds is 6. The van der Waals surface area contributed by atoms with Gasteiger partial charge >= 0.3 is 0 Å². The summed E-state index contributed by atoms with van der Waals surface area (Å²) in [6.45, 7) is 3.80. The van der Waals surface area contributed by atoms with Crippen molar-refractivity contribution in [2.45, 2.75) is 11.8 Å². The van der Waals surface area contributed by atoms with E-state index in [4.69, 9.17) is 17.3 Å². The fourth-order valence-electron chi connectivity index (χ4n) is 1.41. The lowest BCUT2D eigenvalue weighted by Crippen LogP contribution is -2.33. The zero-order chi connectivity index (χ0) is 13.8. The molecule has 5 nitrogen and oxygen atoms in total. The quantitative estimate of drug-likeness (QED) is 0.771. The Hall–Kier alpha value is -0.820. The topological polar surface area (TPSA) is 75.4 Å². The molecule has 0 heterocycles. The van der Waals surface area contributed by atoms with Gasteiger partial charge in [-0.15, -0.1) is 0 Å². The number of likely N-dealkylation sites (N-methyl/N-ethyl adjacent to an activating group) is 1. The van der Waals surface area contributed by atoms with Crippen LogP contribution in [0.25, 0.3) is 0 Å². The van der Waals surface area contributed by atoms with Crippen molar-refractivity contribution in [1.29, 1.82) is 0 Å². The minimum Gasteiger partial charge on any atom is -0.398 e. The Bertz CT molecular complexity index is 485. The smallest absolute Gasteiger partial charge is 0.244 e. The van der Waals surface area contributed by atoms with Crippen molar-refractivity contribution >= 4 is 27.3 Å². The lowest BCUT2D eigenvalue weighted by molar-refractivity contribution is 0.358. The predicted octanol–water partition coefficient (Wildman–Crippen LogP) is 1.15.